The lowest BCUT2D eigenvalue weighted by atomic mass is 9.98. The molecule has 0 bridgehead atoms. The van der Waals surface area contributed by atoms with E-state index in [9.17, 15) is 35.4 Å². The molecule has 0 aliphatic carbocycles. The molecule has 1 saturated heterocycles. The Morgan fingerprint density at radius 1 is 0.673 bits per heavy atom. The van der Waals surface area contributed by atoms with Crippen molar-refractivity contribution in [3.8, 4) is 0 Å². The Hall–Kier alpha value is -1.37. The molecule has 8 atom stereocenters. The van der Waals surface area contributed by atoms with Crippen LogP contribution >= 0.6 is 0 Å². The molecule has 52 heavy (non-hydrogen) atoms. The average molecular weight is 742 g/mol. The van der Waals surface area contributed by atoms with Gasteiger partial charge < -0.3 is 45.4 Å². The number of aliphatic hydroxyl groups is 6. The van der Waals surface area contributed by atoms with Crippen molar-refractivity contribution in [2.24, 2.45) is 0 Å². The molecule has 1 rings (SSSR count). The van der Waals surface area contributed by atoms with E-state index >= 15 is 0 Å². The van der Waals surface area contributed by atoms with E-state index in [0.717, 1.165) is 64.2 Å². The Morgan fingerprint density at radius 2 is 1.17 bits per heavy atom. The molecule has 306 valence electrons. The first-order valence-electron chi connectivity index (χ1n) is 21.1. The van der Waals surface area contributed by atoms with E-state index in [1.807, 2.05) is 0 Å². The van der Waals surface area contributed by atoms with Crippen LogP contribution in [-0.4, -0.2) is 98.7 Å². The second kappa shape index (κ2) is 33.0. The minimum atomic E-state index is -1.61. The Bertz CT molecular complexity index is 886. The van der Waals surface area contributed by atoms with Gasteiger partial charge in [-0.05, 0) is 44.9 Å². The number of hydrogen-bond donors (Lipinski definition) is 7. The Balaban J connectivity index is 2.47. The van der Waals surface area contributed by atoms with Gasteiger partial charge >= 0.3 is 0 Å². The summed E-state index contributed by atoms with van der Waals surface area (Å²) in [7, 11) is 0. The largest absolute Gasteiger partial charge is 0.394 e. The lowest BCUT2D eigenvalue weighted by molar-refractivity contribution is -0.303. The summed E-state index contributed by atoms with van der Waals surface area (Å²) in [4.78, 5) is 12.9. The van der Waals surface area contributed by atoms with Gasteiger partial charge in [0.25, 0.3) is 0 Å². The van der Waals surface area contributed by atoms with E-state index in [-0.39, 0.29) is 18.9 Å². The zero-order valence-electron chi connectivity index (χ0n) is 32.9. The highest BCUT2D eigenvalue weighted by Gasteiger charge is 2.44. The van der Waals surface area contributed by atoms with Gasteiger partial charge in [0, 0.05) is 6.42 Å². The van der Waals surface area contributed by atoms with Gasteiger partial charge in [-0.2, -0.15) is 0 Å². The van der Waals surface area contributed by atoms with Crippen molar-refractivity contribution < 1.29 is 44.9 Å². The van der Waals surface area contributed by atoms with Crippen molar-refractivity contribution in [2.45, 2.75) is 223 Å². The maximum absolute atomic E-state index is 12.9. The van der Waals surface area contributed by atoms with Crippen LogP contribution in [0.25, 0.3) is 0 Å². The van der Waals surface area contributed by atoms with Gasteiger partial charge in [-0.1, -0.05) is 147 Å². The summed E-state index contributed by atoms with van der Waals surface area (Å²) in [5.74, 6) is -0.273. The van der Waals surface area contributed by atoms with Crippen molar-refractivity contribution in [3.63, 3.8) is 0 Å². The van der Waals surface area contributed by atoms with Crippen LogP contribution in [0.15, 0.2) is 24.3 Å². The molecule has 1 aliphatic rings. The standard InChI is InChI=1S/C42H79NO9/c1-3-5-7-9-11-13-15-17-18-19-21-23-25-27-29-31-37(46)43-34(33-51-42-41(50)40(49)39(48)36(32-44)52-42)38(47)35(45)30-28-26-24-22-20-16-14-12-10-8-6-4-2/h11,13,17-18,34-36,38-42,44-45,47-50H,3-10,12,14-16,19-33H2,1-2H3,(H,43,46)/t34-,35+,36?,38-,39?,40?,41?,42?/m0/s1. The molecule has 0 aromatic rings. The van der Waals surface area contributed by atoms with Crippen LogP contribution < -0.4 is 5.32 Å². The number of nitrogens with one attached hydrogen (secondary N) is 1. The Labute approximate surface area is 316 Å². The second-order valence-electron chi connectivity index (χ2n) is 14.9. The summed E-state index contributed by atoms with van der Waals surface area (Å²) >= 11 is 0. The molecular weight excluding hydrogens is 662 g/mol. The van der Waals surface area contributed by atoms with Gasteiger partial charge in [-0.3, -0.25) is 4.79 Å². The summed E-state index contributed by atoms with van der Waals surface area (Å²) in [6.45, 7) is 3.54. The van der Waals surface area contributed by atoms with Gasteiger partial charge in [0.1, 0.15) is 30.5 Å². The lowest BCUT2D eigenvalue weighted by Crippen LogP contribution is -2.60. The van der Waals surface area contributed by atoms with E-state index in [4.69, 9.17) is 9.47 Å². The SMILES string of the molecule is CCCCCC=CCC=CCCCCCCCC(=O)N[C@@H](COC1OC(CO)C(O)C(O)C1O)[C@H](O)[C@H](O)CCCCCCCCCCCCCC. The summed E-state index contributed by atoms with van der Waals surface area (Å²) in [5, 5.41) is 64.9. The van der Waals surface area contributed by atoms with Gasteiger partial charge in [0.05, 0.1) is 25.4 Å². The monoisotopic (exact) mass is 742 g/mol. The molecule has 1 aliphatic heterocycles. The number of carbonyl (C=O) groups excluding carboxylic acids is 1. The fourth-order valence-electron chi connectivity index (χ4n) is 6.64. The number of aliphatic hydroxyl groups excluding tert-OH is 6. The quantitative estimate of drug-likeness (QED) is 0.0274. The summed E-state index contributed by atoms with van der Waals surface area (Å²) < 4.78 is 11.1. The molecule has 7 N–H and O–H groups in total. The van der Waals surface area contributed by atoms with Crippen molar-refractivity contribution in [3.05, 3.63) is 24.3 Å². The Kier molecular flexibility index (Phi) is 30.9. The molecule has 0 radical (unpaired) electrons. The fourth-order valence-corrected chi connectivity index (χ4v) is 6.64. The highest BCUT2D eigenvalue weighted by atomic mass is 16.7. The zero-order chi connectivity index (χ0) is 38.2. The van der Waals surface area contributed by atoms with E-state index in [0.29, 0.717) is 12.8 Å². The van der Waals surface area contributed by atoms with Gasteiger partial charge in [0.15, 0.2) is 6.29 Å². The number of amides is 1. The van der Waals surface area contributed by atoms with Crippen molar-refractivity contribution in [1.29, 1.82) is 0 Å². The molecule has 1 fully saturated rings. The molecule has 0 aromatic carbocycles. The summed E-state index contributed by atoms with van der Waals surface area (Å²) in [5.41, 5.74) is 0. The lowest BCUT2D eigenvalue weighted by Gasteiger charge is -2.40. The van der Waals surface area contributed by atoms with E-state index in [1.54, 1.807) is 0 Å². The van der Waals surface area contributed by atoms with Crippen molar-refractivity contribution >= 4 is 5.91 Å². The van der Waals surface area contributed by atoms with Crippen LogP contribution in [0, 0.1) is 0 Å². The van der Waals surface area contributed by atoms with Crippen LogP contribution in [0.4, 0.5) is 0 Å². The van der Waals surface area contributed by atoms with Gasteiger partial charge in [-0.25, -0.2) is 0 Å². The van der Waals surface area contributed by atoms with Gasteiger partial charge in [-0.15, -0.1) is 0 Å². The molecule has 10 heteroatoms. The predicted molar refractivity (Wildman–Crippen MR) is 209 cm³/mol. The maximum Gasteiger partial charge on any atom is 0.220 e. The van der Waals surface area contributed by atoms with Crippen LogP contribution in [0.2, 0.25) is 0 Å². The fraction of sp³-hybridized carbons (Fsp3) is 0.881. The maximum atomic E-state index is 12.9. The smallest absolute Gasteiger partial charge is 0.220 e. The Morgan fingerprint density at radius 3 is 1.75 bits per heavy atom. The van der Waals surface area contributed by atoms with Crippen molar-refractivity contribution in [2.75, 3.05) is 13.2 Å². The third-order valence-electron chi connectivity index (χ3n) is 10.1. The number of rotatable bonds is 34. The number of ether oxygens (including phenoxy) is 2. The molecule has 5 unspecified atom stereocenters. The number of allylic oxidation sites excluding steroid dienone is 4. The molecule has 1 heterocycles. The van der Waals surface area contributed by atoms with E-state index in [2.05, 4.69) is 43.5 Å². The minimum absolute atomic E-state index is 0.266. The predicted octanol–water partition coefficient (Wildman–Crippen LogP) is 6.91. The number of hydrogen-bond acceptors (Lipinski definition) is 9. The first kappa shape index (κ1) is 48.6. The minimum Gasteiger partial charge on any atom is -0.394 e. The summed E-state index contributed by atoms with van der Waals surface area (Å²) in [6.07, 6.45) is 26.1. The molecule has 1 amide bonds. The molecule has 0 spiro atoms. The molecular formula is C42H79NO9. The highest BCUT2D eigenvalue weighted by Crippen LogP contribution is 2.23. The highest BCUT2D eigenvalue weighted by molar-refractivity contribution is 5.76. The normalized spacial score (nSPS) is 22.7. The first-order chi connectivity index (χ1) is 25.3. The zero-order valence-corrected chi connectivity index (χ0v) is 32.9. The van der Waals surface area contributed by atoms with Crippen LogP contribution in [0.5, 0.6) is 0 Å². The number of carbonyl (C=O) groups is 1. The van der Waals surface area contributed by atoms with E-state index < -0.39 is 55.6 Å². The van der Waals surface area contributed by atoms with Crippen LogP contribution in [-0.2, 0) is 14.3 Å². The van der Waals surface area contributed by atoms with Crippen molar-refractivity contribution in [1.82, 2.24) is 5.32 Å². The summed E-state index contributed by atoms with van der Waals surface area (Å²) in [6, 6.07) is -0.995. The molecule has 0 aromatic heterocycles. The topological polar surface area (TPSA) is 169 Å². The first-order valence-corrected chi connectivity index (χ1v) is 21.1. The molecule has 10 nitrogen and oxygen atoms in total. The van der Waals surface area contributed by atoms with Gasteiger partial charge in [0.2, 0.25) is 5.91 Å². The average Bonchev–Trinajstić information content (AvgIpc) is 3.14. The number of unbranched alkanes of at least 4 members (excludes halogenated alkanes) is 19. The third-order valence-corrected chi connectivity index (χ3v) is 10.1. The third kappa shape index (κ3) is 23.4. The molecule has 0 saturated carbocycles. The van der Waals surface area contributed by atoms with Crippen LogP contribution in [0.3, 0.4) is 0 Å². The van der Waals surface area contributed by atoms with E-state index in [1.165, 1.54) is 77.0 Å². The van der Waals surface area contributed by atoms with Crippen LogP contribution in [0.1, 0.15) is 174 Å². The second-order valence-corrected chi connectivity index (χ2v) is 14.9.